The van der Waals surface area contributed by atoms with Crippen LogP contribution in [-0.2, 0) is 42.9 Å². The van der Waals surface area contributed by atoms with Crippen molar-refractivity contribution in [2.45, 2.75) is 70.1 Å². The molecule has 37 heavy (non-hydrogen) atoms. The zero-order valence-electron chi connectivity index (χ0n) is 21.1. The lowest BCUT2D eigenvalue weighted by Crippen LogP contribution is -2.67. The van der Waals surface area contributed by atoms with Crippen LogP contribution in [0.25, 0.3) is 0 Å². The zero-order chi connectivity index (χ0) is 26.6. The molecule has 0 amide bonds. The van der Waals surface area contributed by atoms with E-state index in [1.807, 2.05) is 6.92 Å². The van der Waals surface area contributed by atoms with Crippen LogP contribution in [0.15, 0.2) is 36.0 Å². The third-order valence-electron chi connectivity index (χ3n) is 9.04. The minimum atomic E-state index is -1.46. The zero-order valence-corrected chi connectivity index (χ0v) is 21.1. The van der Waals surface area contributed by atoms with Crippen molar-refractivity contribution in [1.29, 1.82) is 0 Å². The lowest BCUT2D eigenvalue weighted by atomic mass is 9.51. The Balaban J connectivity index is 1.55. The molecular weight excluding hydrogens is 484 g/mol. The molecule has 0 aromatic carbocycles. The summed E-state index contributed by atoms with van der Waals surface area (Å²) in [5, 5.41) is 10.6. The maximum atomic E-state index is 13.1. The summed E-state index contributed by atoms with van der Waals surface area (Å²) in [4.78, 5) is 50.7. The molecule has 3 heterocycles. The fourth-order valence-corrected chi connectivity index (χ4v) is 6.50. The van der Waals surface area contributed by atoms with Crippen LogP contribution in [0, 0.1) is 16.7 Å². The summed E-state index contributed by atoms with van der Waals surface area (Å²) >= 11 is 0. The molecule has 0 aromatic heterocycles. The molecule has 5 aliphatic rings. The van der Waals surface area contributed by atoms with Gasteiger partial charge in [-0.15, -0.1) is 0 Å². The van der Waals surface area contributed by atoms with Gasteiger partial charge >= 0.3 is 17.9 Å². The highest BCUT2D eigenvalue weighted by atomic mass is 16.6. The lowest BCUT2D eigenvalue weighted by Gasteiger charge is -2.57. The van der Waals surface area contributed by atoms with E-state index in [9.17, 15) is 24.3 Å². The van der Waals surface area contributed by atoms with E-state index in [1.54, 1.807) is 19.9 Å². The Kier molecular flexibility index (Phi) is 6.40. The van der Waals surface area contributed by atoms with Crippen LogP contribution in [-0.4, -0.2) is 78.6 Å². The number of Topliss-reactive ketones (excluding diaryl/α,β-unsaturated/α-hetero) is 1. The van der Waals surface area contributed by atoms with E-state index in [-0.39, 0.29) is 37.9 Å². The third kappa shape index (κ3) is 3.97. The maximum absolute atomic E-state index is 13.1. The number of hydrogen-bond acceptors (Lipinski definition) is 10. The standard InChI is InChI=1S/C27H32O10/c1-15-8-9-33-21(29)6-4-5-7-22(30)37-18-11-20-27(14-35-27)25(18,3)26(13-34-24(32)23(15)31)12-17(28)16(2)10-19(26)36-20/h4-7,10,15,18-20,23,31H,8-9,11-14H2,1-3H3/b6-4-,7-5-. The fraction of sp³-hybridized carbons (Fsp3) is 0.630. The molecule has 2 spiro atoms. The summed E-state index contributed by atoms with van der Waals surface area (Å²) in [7, 11) is 0. The first kappa shape index (κ1) is 25.8. The van der Waals surface area contributed by atoms with Gasteiger partial charge in [0.1, 0.15) is 18.3 Å². The predicted octanol–water partition coefficient (Wildman–Crippen LogP) is 1.35. The van der Waals surface area contributed by atoms with E-state index in [0.29, 0.717) is 18.6 Å². The molecule has 8 atom stereocenters. The number of ether oxygens (including phenoxy) is 5. The lowest BCUT2D eigenvalue weighted by molar-refractivity contribution is -0.233. The van der Waals surface area contributed by atoms with Crippen molar-refractivity contribution in [2.24, 2.45) is 16.7 Å². The van der Waals surface area contributed by atoms with E-state index in [2.05, 4.69) is 0 Å². The number of cyclic esters (lactones) is 2. The number of ketones is 1. The average molecular weight is 517 g/mol. The summed E-state index contributed by atoms with van der Waals surface area (Å²) in [6.45, 7) is 5.42. The van der Waals surface area contributed by atoms with E-state index >= 15 is 0 Å². The van der Waals surface area contributed by atoms with Crippen molar-refractivity contribution in [3.05, 3.63) is 36.0 Å². The molecule has 1 saturated carbocycles. The Labute approximate surface area is 214 Å². The van der Waals surface area contributed by atoms with Crippen molar-refractivity contribution < 1.29 is 48.0 Å². The largest absolute Gasteiger partial charge is 0.463 e. The molecule has 10 heteroatoms. The van der Waals surface area contributed by atoms with E-state index in [4.69, 9.17) is 23.7 Å². The van der Waals surface area contributed by atoms with Crippen molar-refractivity contribution in [3.8, 4) is 0 Å². The van der Waals surface area contributed by atoms with Gasteiger partial charge in [-0.05, 0) is 30.9 Å². The minimum Gasteiger partial charge on any atom is -0.463 e. The van der Waals surface area contributed by atoms with Crippen molar-refractivity contribution in [3.63, 3.8) is 0 Å². The molecule has 5 rings (SSSR count). The van der Waals surface area contributed by atoms with Gasteiger partial charge in [0, 0.05) is 25.0 Å². The Morgan fingerprint density at radius 1 is 1.00 bits per heavy atom. The molecule has 2 saturated heterocycles. The van der Waals surface area contributed by atoms with E-state index < -0.39 is 58.6 Å². The van der Waals surface area contributed by atoms with Gasteiger partial charge in [0.2, 0.25) is 0 Å². The highest BCUT2D eigenvalue weighted by Gasteiger charge is 2.83. The fourth-order valence-electron chi connectivity index (χ4n) is 6.50. The van der Waals surface area contributed by atoms with Gasteiger partial charge in [-0.25, -0.2) is 14.4 Å². The molecule has 200 valence electrons. The number of aliphatic hydroxyl groups is 1. The molecular formula is C27H32O10. The quantitative estimate of drug-likeness (QED) is 0.285. The SMILES string of the molecule is CC1=CC2OC3CC4OC(=O)/C=C\C=C/C(=O)OCCC(C)C(O)C(=O)OCC2(CC1=O)C4(C)C31CO1. The molecule has 8 unspecified atom stereocenters. The second-order valence-corrected chi connectivity index (χ2v) is 10.9. The van der Waals surface area contributed by atoms with Gasteiger partial charge < -0.3 is 28.8 Å². The second kappa shape index (κ2) is 9.18. The van der Waals surface area contributed by atoms with Crippen LogP contribution in [0.3, 0.4) is 0 Å². The number of carbonyl (C=O) groups excluding carboxylic acids is 4. The summed E-state index contributed by atoms with van der Waals surface area (Å²) in [6.07, 6.45) is 4.36. The van der Waals surface area contributed by atoms with Gasteiger partial charge in [0.15, 0.2) is 11.9 Å². The molecule has 1 N–H and O–H groups in total. The Hall–Kier alpha value is -2.82. The molecule has 3 aliphatic heterocycles. The molecule has 2 aliphatic carbocycles. The number of carbonyl (C=O) groups is 4. The average Bonchev–Trinajstić information content (AvgIpc) is 3.63. The number of aliphatic hydroxyl groups excluding tert-OH is 1. The topological polar surface area (TPSA) is 138 Å². The van der Waals surface area contributed by atoms with E-state index in [0.717, 1.165) is 6.08 Å². The third-order valence-corrected chi connectivity index (χ3v) is 9.04. The monoisotopic (exact) mass is 516 g/mol. The molecule has 0 radical (unpaired) electrons. The van der Waals surface area contributed by atoms with Gasteiger partial charge in [0.25, 0.3) is 0 Å². The number of epoxide rings is 1. The summed E-state index contributed by atoms with van der Waals surface area (Å²) < 4.78 is 29.2. The summed E-state index contributed by atoms with van der Waals surface area (Å²) in [6, 6.07) is 0. The van der Waals surface area contributed by atoms with E-state index in [1.165, 1.54) is 18.2 Å². The van der Waals surface area contributed by atoms with Gasteiger partial charge in [-0.1, -0.05) is 26.0 Å². The maximum Gasteiger partial charge on any atom is 0.335 e. The molecule has 3 fully saturated rings. The van der Waals surface area contributed by atoms with Crippen LogP contribution in [0.4, 0.5) is 0 Å². The van der Waals surface area contributed by atoms with Crippen LogP contribution < -0.4 is 0 Å². The highest BCUT2D eigenvalue weighted by molar-refractivity contribution is 5.96. The van der Waals surface area contributed by atoms with Crippen LogP contribution in [0.1, 0.15) is 40.0 Å². The first-order valence-electron chi connectivity index (χ1n) is 12.6. The Bertz CT molecular complexity index is 1100. The van der Waals surface area contributed by atoms with Crippen molar-refractivity contribution >= 4 is 23.7 Å². The number of allylic oxidation sites excluding steroid dienone is 3. The van der Waals surface area contributed by atoms with Crippen molar-refractivity contribution in [1.82, 2.24) is 0 Å². The molecule has 10 nitrogen and oxygen atoms in total. The van der Waals surface area contributed by atoms with Crippen molar-refractivity contribution in [2.75, 3.05) is 19.8 Å². The van der Waals surface area contributed by atoms with Crippen LogP contribution in [0.5, 0.6) is 0 Å². The smallest absolute Gasteiger partial charge is 0.335 e. The van der Waals surface area contributed by atoms with Gasteiger partial charge in [0.05, 0.1) is 36.3 Å². The Morgan fingerprint density at radius 2 is 1.70 bits per heavy atom. The normalized spacial score (nSPS) is 45.9. The predicted molar refractivity (Wildman–Crippen MR) is 126 cm³/mol. The first-order valence-corrected chi connectivity index (χ1v) is 12.6. The van der Waals surface area contributed by atoms with Crippen LogP contribution in [0.2, 0.25) is 0 Å². The Morgan fingerprint density at radius 3 is 2.41 bits per heavy atom. The molecule has 0 aromatic rings. The first-order chi connectivity index (χ1) is 17.5. The van der Waals surface area contributed by atoms with Gasteiger partial charge in [-0.2, -0.15) is 0 Å². The number of hydrogen-bond donors (Lipinski definition) is 1. The molecule has 2 bridgehead atoms. The second-order valence-electron chi connectivity index (χ2n) is 10.9. The highest BCUT2D eigenvalue weighted by Crippen LogP contribution is 2.71. The van der Waals surface area contributed by atoms with Gasteiger partial charge in [-0.3, -0.25) is 4.79 Å². The number of esters is 3. The number of rotatable bonds is 0. The summed E-state index contributed by atoms with van der Waals surface area (Å²) in [5.74, 6) is -2.77. The summed E-state index contributed by atoms with van der Waals surface area (Å²) in [5.41, 5.74) is -2.24. The van der Waals surface area contributed by atoms with Crippen LogP contribution >= 0.6 is 0 Å². The minimum absolute atomic E-state index is 0.00976.